The van der Waals surface area contributed by atoms with Crippen LogP contribution in [-0.2, 0) is 23.0 Å². The molecule has 0 radical (unpaired) electrons. The van der Waals surface area contributed by atoms with E-state index in [9.17, 15) is 9.59 Å². The lowest BCUT2D eigenvalue weighted by molar-refractivity contribution is -0.141. The van der Waals surface area contributed by atoms with Gasteiger partial charge in [-0.05, 0) is 50.5 Å². The van der Waals surface area contributed by atoms with Gasteiger partial charge < -0.3 is 9.30 Å². The average molecular weight is 313 g/mol. The van der Waals surface area contributed by atoms with Crippen LogP contribution in [0, 0.1) is 27.7 Å². The zero-order valence-electron chi connectivity index (χ0n) is 14.4. The molecule has 2 rings (SSSR count). The quantitative estimate of drug-likeness (QED) is 0.629. The lowest BCUT2D eigenvalue weighted by atomic mass is 10.0. The molecule has 0 fully saturated rings. The van der Waals surface area contributed by atoms with Gasteiger partial charge in [0.25, 0.3) is 0 Å². The van der Waals surface area contributed by atoms with Gasteiger partial charge in [0.2, 0.25) is 5.78 Å². The van der Waals surface area contributed by atoms with E-state index in [1.165, 1.54) is 5.56 Å². The number of nitrogens with zero attached hydrogens (tertiary/aromatic N) is 1. The molecule has 4 heteroatoms. The summed E-state index contributed by atoms with van der Waals surface area (Å²) in [7, 11) is 1.91. The Morgan fingerprint density at radius 3 is 2.30 bits per heavy atom. The van der Waals surface area contributed by atoms with Crippen molar-refractivity contribution in [3.63, 3.8) is 0 Å². The van der Waals surface area contributed by atoms with E-state index in [0.717, 1.165) is 22.5 Å². The molecule has 0 atom stereocenters. The SMILES string of the molecule is Cc1ccc(CC(=O)OCC(=O)c2cc(C)n(C)c2C)cc1C. The Kier molecular flexibility index (Phi) is 5.04. The summed E-state index contributed by atoms with van der Waals surface area (Å²) in [5, 5.41) is 0. The number of aryl methyl sites for hydroxylation is 3. The third-order valence-corrected chi connectivity index (χ3v) is 4.36. The third kappa shape index (κ3) is 3.89. The van der Waals surface area contributed by atoms with Gasteiger partial charge in [-0.1, -0.05) is 18.2 Å². The number of rotatable bonds is 5. The Labute approximate surface area is 137 Å². The van der Waals surface area contributed by atoms with E-state index in [-0.39, 0.29) is 24.8 Å². The van der Waals surface area contributed by atoms with Crippen molar-refractivity contribution in [1.82, 2.24) is 4.57 Å². The third-order valence-electron chi connectivity index (χ3n) is 4.36. The average Bonchev–Trinajstić information content (AvgIpc) is 2.76. The molecule has 1 heterocycles. The van der Waals surface area contributed by atoms with E-state index in [1.807, 2.05) is 63.6 Å². The second kappa shape index (κ2) is 6.82. The Morgan fingerprint density at radius 1 is 1.04 bits per heavy atom. The number of esters is 1. The highest BCUT2D eigenvalue weighted by molar-refractivity contribution is 5.99. The minimum Gasteiger partial charge on any atom is -0.457 e. The fourth-order valence-corrected chi connectivity index (χ4v) is 2.49. The van der Waals surface area contributed by atoms with Crippen LogP contribution < -0.4 is 0 Å². The van der Waals surface area contributed by atoms with Gasteiger partial charge in [0.1, 0.15) is 0 Å². The summed E-state index contributed by atoms with van der Waals surface area (Å²) in [4.78, 5) is 24.1. The summed E-state index contributed by atoms with van der Waals surface area (Å²) in [5.74, 6) is -0.549. The molecule has 2 aromatic rings. The van der Waals surface area contributed by atoms with E-state index < -0.39 is 0 Å². The van der Waals surface area contributed by atoms with E-state index in [1.54, 1.807) is 0 Å². The van der Waals surface area contributed by atoms with E-state index in [0.29, 0.717) is 5.56 Å². The molecule has 0 N–H and O–H groups in total. The van der Waals surface area contributed by atoms with Crippen LogP contribution in [0.15, 0.2) is 24.3 Å². The predicted molar refractivity (Wildman–Crippen MR) is 89.8 cm³/mol. The maximum atomic E-state index is 12.2. The number of aromatic nitrogens is 1. The smallest absolute Gasteiger partial charge is 0.310 e. The maximum Gasteiger partial charge on any atom is 0.310 e. The van der Waals surface area contributed by atoms with Gasteiger partial charge in [-0.15, -0.1) is 0 Å². The zero-order chi connectivity index (χ0) is 17.1. The molecule has 23 heavy (non-hydrogen) atoms. The standard InChI is InChI=1S/C19H23NO3/c1-12-6-7-16(8-13(12)2)10-19(22)23-11-18(21)17-9-14(3)20(5)15(17)4/h6-9H,10-11H2,1-5H3. The lowest BCUT2D eigenvalue weighted by Crippen LogP contribution is -2.16. The van der Waals surface area contributed by atoms with Crippen molar-refractivity contribution in [2.45, 2.75) is 34.1 Å². The number of benzene rings is 1. The monoisotopic (exact) mass is 313 g/mol. The Hall–Kier alpha value is -2.36. The van der Waals surface area contributed by atoms with Crippen LogP contribution in [-0.4, -0.2) is 22.9 Å². The van der Waals surface area contributed by atoms with Gasteiger partial charge in [0.15, 0.2) is 6.61 Å². The highest BCUT2D eigenvalue weighted by Crippen LogP contribution is 2.14. The number of hydrogen-bond acceptors (Lipinski definition) is 3. The fraction of sp³-hybridized carbons (Fsp3) is 0.368. The summed E-state index contributed by atoms with van der Waals surface area (Å²) in [6.07, 6.45) is 0.182. The number of ether oxygens (including phenoxy) is 1. The number of carbonyl (C=O) groups is 2. The van der Waals surface area contributed by atoms with Crippen LogP contribution in [0.2, 0.25) is 0 Å². The lowest BCUT2D eigenvalue weighted by Gasteiger charge is -2.07. The number of Topliss-reactive ketones (excluding diaryl/α,β-unsaturated/α-hetero) is 1. The molecule has 122 valence electrons. The minimum absolute atomic E-state index is 0.167. The minimum atomic E-state index is -0.382. The van der Waals surface area contributed by atoms with Crippen molar-refractivity contribution in [2.75, 3.05) is 6.61 Å². The molecule has 4 nitrogen and oxygen atoms in total. The highest BCUT2D eigenvalue weighted by Gasteiger charge is 2.16. The summed E-state index contributed by atoms with van der Waals surface area (Å²) in [6.45, 7) is 7.65. The van der Waals surface area contributed by atoms with Crippen molar-refractivity contribution in [2.24, 2.45) is 7.05 Å². The van der Waals surface area contributed by atoms with E-state index >= 15 is 0 Å². The van der Waals surface area contributed by atoms with Gasteiger partial charge >= 0.3 is 5.97 Å². The number of carbonyl (C=O) groups excluding carboxylic acids is 2. The molecule has 0 unspecified atom stereocenters. The van der Waals surface area contributed by atoms with Crippen molar-refractivity contribution in [3.05, 3.63) is 57.9 Å². The van der Waals surface area contributed by atoms with Crippen LogP contribution in [0.4, 0.5) is 0 Å². The largest absolute Gasteiger partial charge is 0.457 e. The summed E-state index contributed by atoms with van der Waals surface area (Å²) in [6, 6.07) is 7.70. The van der Waals surface area contributed by atoms with Gasteiger partial charge in [-0.25, -0.2) is 0 Å². The van der Waals surface area contributed by atoms with Gasteiger partial charge in [0, 0.05) is 24.0 Å². The van der Waals surface area contributed by atoms with Crippen molar-refractivity contribution in [1.29, 1.82) is 0 Å². The number of hydrogen-bond donors (Lipinski definition) is 0. The zero-order valence-corrected chi connectivity index (χ0v) is 14.4. The molecule has 0 aliphatic rings. The first-order chi connectivity index (χ1) is 10.8. The van der Waals surface area contributed by atoms with Crippen molar-refractivity contribution < 1.29 is 14.3 Å². The second-order valence-electron chi connectivity index (χ2n) is 6.02. The molecular weight excluding hydrogens is 290 g/mol. The number of ketones is 1. The van der Waals surface area contributed by atoms with Crippen molar-refractivity contribution >= 4 is 11.8 Å². The Bertz CT molecular complexity index is 756. The van der Waals surface area contributed by atoms with Gasteiger partial charge in [0.05, 0.1) is 6.42 Å². The van der Waals surface area contributed by atoms with Crippen LogP contribution in [0.3, 0.4) is 0 Å². The molecule has 1 aromatic heterocycles. The summed E-state index contributed by atoms with van der Waals surface area (Å²) < 4.78 is 7.09. The topological polar surface area (TPSA) is 48.3 Å². The normalized spacial score (nSPS) is 10.7. The maximum absolute atomic E-state index is 12.2. The van der Waals surface area contributed by atoms with Crippen LogP contribution in [0.25, 0.3) is 0 Å². The molecule has 1 aromatic carbocycles. The van der Waals surface area contributed by atoms with Crippen LogP contribution in [0.5, 0.6) is 0 Å². The van der Waals surface area contributed by atoms with Crippen LogP contribution >= 0.6 is 0 Å². The predicted octanol–water partition coefficient (Wildman–Crippen LogP) is 3.23. The molecule has 0 saturated heterocycles. The van der Waals surface area contributed by atoms with Crippen molar-refractivity contribution in [3.8, 4) is 0 Å². The molecular formula is C19H23NO3. The first-order valence-electron chi connectivity index (χ1n) is 7.67. The summed E-state index contributed by atoms with van der Waals surface area (Å²) >= 11 is 0. The van der Waals surface area contributed by atoms with Crippen LogP contribution in [0.1, 0.15) is 38.4 Å². The molecule has 0 spiro atoms. The Balaban J connectivity index is 1.94. The Morgan fingerprint density at radius 2 is 1.74 bits per heavy atom. The second-order valence-corrected chi connectivity index (χ2v) is 6.02. The first-order valence-corrected chi connectivity index (χ1v) is 7.67. The summed E-state index contributed by atoms with van der Waals surface area (Å²) in [5.41, 5.74) is 5.74. The van der Waals surface area contributed by atoms with Gasteiger partial charge in [-0.2, -0.15) is 0 Å². The first kappa shape index (κ1) is 17.0. The molecule has 0 aliphatic carbocycles. The molecule has 0 saturated carbocycles. The van der Waals surface area contributed by atoms with Gasteiger partial charge in [-0.3, -0.25) is 9.59 Å². The molecule has 0 amide bonds. The van der Waals surface area contributed by atoms with E-state index in [2.05, 4.69) is 0 Å². The molecule has 0 aliphatic heterocycles. The molecule has 0 bridgehead atoms. The highest BCUT2D eigenvalue weighted by atomic mass is 16.5. The van der Waals surface area contributed by atoms with E-state index in [4.69, 9.17) is 4.74 Å². The fourth-order valence-electron chi connectivity index (χ4n) is 2.49.